The number of fused-ring (bicyclic) bond motifs is 3. The number of hydrogen-bond acceptors (Lipinski definition) is 1. The largest absolute Gasteiger partial charge is 0.398 e. The maximum Gasteiger partial charge on any atom is 0.0393 e. The van der Waals surface area contributed by atoms with E-state index in [2.05, 4.69) is 42.5 Å². The van der Waals surface area contributed by atoms with Gasteiger partial charge in [0.25, 0.3) is 0 Å². The van der Waals surface area contributed by atoms with Gasteiger partial charge in [-0.1, -0.05) is 60.7 Å². The lowest BCUT2D eigenvalue weighted by atomic mass is 9.92. The summed E-state index contributed by atoms with van der Waals surface area (Å²) in [7, 11) is 0. The van der Waals surface area contributed by atoms with Crippen molar-refractivity contribution in [3.05, 3.63) is 71.8 Å². The third-order valence-corrected chi connectivity index (χ3v) is 3.04. The highest BCUT2D eigenvalue weighted by atomic mass is 14.6. The maximum absolute atomic E-state index is 6.08. The lowest BCUT2D eigenvalue weighted by molar-refractivity contribution is 1.48. The first-order chi connectivity index (χ1) is 8.36. The van der Waals surface area contributed by atoms with E-state index in [0.717, 1.165) is 11.3 Å². The summed E-state index contributed by atoms with van der Waals surface area (Å²) in [4.78, 5) is 0. The normalized spacial score (nSPS) is 13.1. The zero-order chi connectivity index (χ0) is 11.7. The Balaban J connectivity index is 2.36. The number of rotatable bonds is 0. The predicted octanol–water partition coefficient (Wildman–Crippen LogP) is 3.68. The number of nitrogens with two attached hydrogens (primary N) is 1. The second kappa shape index (κ2) is 3.95. The Morgan fingerprint density at radius 3 is 2.18 bits per heavy atom. The van der Waals surface area contributed by atoms with Gasteiger partial charge in [0.2, 0.25) is 0 Å². The summed E-state index contributed by atoms with van der Waals surface area (Å²) in [6.45, 7) is 0. The summed E-state index contributed by atoms with van der Waals surface area (Å²) in [5.41, 5.74) is 11.6. The van der Waals surface area contributed by atoms with E-state index in [9.17, 15) is 0 Å². The molecule has 2 aromatic rings. The maximum atomic E-state index is 6.08. The van der Waals surface area contributed by atoms with Gasteiger partial charge in [-0.15, -0.1) is 0 Å². The first kappa shape index (κ1) is 9.91. The van der Waals surface area contributed by atoms with E-state index < -0.39 is 0 Å². The average molecular weight is 219 g/mol. The molecule has 0 saturated carbocycles. The van der Waals surface area contributed by atoms with Crippen LogP contribution < -0.4 is 5.73 Å². The molecule has 0 spiro atoms. The van der Waals surface area contributed by atoms with Crippen LogP contribution in [0.25, 0.3) is 22.9 Å². The van der Waals surface area contributed by atoms with Crippen LogP contribution in [-0.2, 0) is 0 Å². The van der Waals surface area contributed by atoms with Gasteiger partial charge in [-0.3, -0.25) is 0 Å². The Labute approximate surface area is 101 Å². The van der Waals surface area contributed by atoms with Gasteiger partial charge in [0.05, 0.1) is 0 Å². The van der Waals surface area contributed by atoms with Crippen LogP contribution >= 0.6 is 0 Å². The smallest absolute Gasteiger partial charge is 0.0393 e. The molecule has 0 bridgehead atoms. The minimum atomic E-state index is 0.811. The van der Waals surface area contributed by atoms with E-state index in [1.807, 2.05) is 24.3 Å². The Kier molecular flexibility index (Phi) is 2.30. The number of benzene rings is 2. The molecule has 1 nitrogen and oxygen atoms in total. The molecule has 0 aromatic heterocycles. The summed E-state index contributed by atoms with van der Waals surface area (Å²) in [5.74, 6) is 0. The second-order valence-electron chi connectivity index (χ2n) is 4.11. The Morgan fingerprint density at radius 2 is 1.35 bits per heavy atom. The SMILES string of the molecule is NC1=CC=Cc2ccccc2-c2ccccc21. The van der Waals surface area contributed by atoms with Gasteiger partial charge < -0.3 is 5.73 Å². The summed E-state index contributed by atoms with van der Waals surface area (Å²) in [6, 6.07) is 16.6. The molecule has 17 heavy (non-hydrogen) atoms. The third-order valence-electron chi connectivity index (χ3n) is 3.04. The van der Waals surface area contributed by atoms with Gasteiger partial charge in [-0.2, -0.15) is 0 Å². The van der Waals surface area contributed by atoms with E-state index >= 15 is 0 Å². The first-order valence-corrected chi connectivity index (χ1v) is 5.69. The average Bonchev–Trinajstić information content (AvgIpc) is 2.37. The first-order valence-electron chi connectivity index (χ1n) is 5.69. The standard InChI is InChI=1S/C16H13N/c17-16-11-5-7-12-6-1-2-8-13(12)14-9-3-4-10-15(14)16/h1-11H,17H2. The molecule has 0 amide bonds. The van der Waals surface area contributed by atoms with Gasteiger partial charge in [-0.05, 0) is 22.8 Å². The molecule has 2 N–H and O–H groups in total. The third kappa shape index (κ3) is 1.66. The van der Waals surface area contributed by atoms with Crippen LogP contribution in [0.5, 0.6) is 0 Å². The predicted molar refractivity (Wildman–Crippen MR) is 73.1 cm³/mol. The van der Waals surface area contributed by atoms with Crippen LogP contribution in [0.3, 0.4) is 0 Å². The molecule has 0 radical (unpaired) electrons. The molecule has 1 aliphatic rings. The van der Waals surface area contributed by atoms with Crippen molar-refractivity contribution in [1.29, 1.82) is 0 Å². The quantitative estimate of drug-likeness (QED) is 0.718. The molecule has 3 rings (SSSR count). The van der Waals surface area contributed by atoms with Crippen molar-refractivity contribution in [2.24, 2.45) is 5.73 Å². The molecule has 0 saturated heterocycles. The molecule has 1 aliphatic carbocycles. The lowest BCUT2D eigenvalue weighted by Gasteiger charge is -2.14. The van der Waals surface area contributed by atoms with Gasteiger partial charge >= 0.3 is 0 Å². The fraction of sp³-hybridized carbons (Fsp3) is 0. The van der Waals surface area contributed by atoms with E-state index in [4.69, 9.17) is 5.73 Å². The minimum absolute atomic E-state index is 0.811. The zero-order valence-corrected chi connectivity index (χ0v) is 9.43. The fourth-order valence-electron chi connectivity index (χ4n) is 2.20. The Morgan fingerprint density at radius 1 is 0.706 bits per heavy atom. The molecule has 2 aromatic carbocycles. The molecule has 0 heterocycles. The topological polar surface area (TPSA) is 26.0 Å². The van der Waals surface area contributed by atoms with E-state index in [1.165, 1.54) is 16.7 Å². The van der Waals surface area contributed by atoms with Crippen molar-refractivity contribution in [2.75, 3.05) is 0 Å². The molecule has 0 unspecified atom stereocenters. The lowest BCUT2D eigenvalue weighted by Crippen LogP contribution is -2.00. The van der Waals surface area contributed by atoms with E-state index in [-0.39, 0.29) is 0 Å². The fourth-order valence-corrected chi connectivity index (χ4v) is 2.20. The van der Waals surface area contributed by atoms with Crippen molar-refractivity contribution in [3.8, 4) is 11.1 Å². The number of hydrogen-bond donors (Lipinski definition) is 1. The van der Waals surface area contributed by atoms with Gasteiger partial charge in [0.1, 0.15) is 0 Å². The van der Waals surface area contributed by atoms with Crippen LogP contribution in [-0.4, -0.2) is 0 Å². The highest BCUT2D eigenvalue weighted by Crippen LogP contribution is 2.31. The van der Waals surface area contributed by atoms with E-state index in [0.29, 0.717) is 0 Å². The molecular formula is C16H13N. The molecule has 0 fully saturated rings. The summed E-state index contributed by atoms with van der Waals surface area (Å²) < 4.78 is 0. The molecule has 0 aliphatic heterocycles. The highest BCUT2D eigenvalue weighted by molar-refractivity contribution is 5.87. The highest BCUT2D eigenvalue weighted by Gasteiger charge is 2.10. The zero-order valence-electron chi connectivity index (χ0n) is 9.43. The van der Waals surface area contributed by atoms with Gasteiger partial charge in [0.15, 0.2) is 0 Å². The van der Waals surface area contributed by atoms with Crippen molar-refractivity contribution in [1.82, 2.24) is 0 Å². The van der Waals surface area contributed by atoms with Crippen LogP contribution in [0, 0.1) is 0 Å². The van der Waals surface area contributed by atoms with Crippen LogP contribution in [0.2, 0.25) is 0 Å². The van der Waals surface area contributed by atoms with Crippen molar-refractivity contribution in [2.45, 2.75) is 0 Å². The molecule has 82 valence electrons. The summed E-state index contributed by atoms with van der Waals surface area (Å²) in [6.07, 6.45) is 6.05. The summed E-state index contributed by atoms with van der Waals surface area (Å²) in [5, 5.41) is 0. The summed E-state index contributed by atoms with van der Waals surface area (Å²) >= 11 is 0. The van der Waals surface area contributed by atoms with Gasteiger partial charge in [0, 0.05) is 11.3 Å². The minimum Gasteiger partial charge on any atom is -0.398 e. The van der Waals surface area contributed by atoms with Crippen molar-refractivity contribution in [3.63, 3.8) is 0 Å². The molecule has 1 heteroatoms. The second-order valence-corrected chi connectivity index (χ2v) is 4.11. The van der Waals surface area contributed by atoms with Crippen molar-refractivity contribution < 1.29 is 0 Å². The van der Waals surface area contributed by atoms with Crippen LogP contribution in [0.15, 0.2) is 60.7 Å². The van der Waals surface area contributed by atoms with Gasteiger partial charge in [-0.25, -0.2) is 0 Å². The Bertz CT molecular complexity index is 621. The van der Waals surface area contributed by atoms with E-state index in [1.54, 1.807) is 0 Å². The number of allylic oxidation sites excluding steroid dienone is 2. The van der Waals surface area contributed by atoms with Crippen molar-refractivity contribution >= 4 is 11.8 Å². The van der Waals surface area contributed by atoms with Crippen LogP contribution in [0.1, 0.15) is 11.1 Å². The molecule has 0 atom stereocenters. The monoisotopic (exact) mass is 219 g/mol. The molecular weight excluding hydrogens is 206 g/mol. The van der Waals surface area contributed by atoms with Crippen LogP contribution in [0.4, 0.5) is 0 Å². The Hall–Kier alpha value is -2.28.